The molecule has 0 amide bonds. The van der Waals surface area contributed by atoms with Crippen molar-refractivity contribution < 1.29 is 4.74 Å². The van der Waals surface area contributed by atoms with Crippen LogP contribution in [0.2, 0.25) is 0 Å². The highest BCUT2D eigenvalue weighted by atomic mass is 16.5. The lowest BCUT2D eigenvalue weighted by molar-refractivity contribution is 0.317. The van der Waals surface area contributed by atoms with E-state index in [1.54, 1.807) is 0 Å². The van der Waals surface area contributed by atoms with Gasteiger partial charge in [0.05, 0.1) is 12.6 Å². The van der Waals surface area contributed by atoms with E-state index >= 15 is 0 Å². The number of benzene rings is 1. The van der Waals surface area contributed by atoms with Gasteiger partial charge in [-0.15, -0.1) is 0 Å². The zero-order chi connectivity index (χ0) is 13.5. The van der Waals surface area contributed by atoms with Gasteiger partial charge in [-0.2, -0.15) is 0 Å². The van der Waals surface area contributed by atoms with Gasteiger partial charge >= 0.3 is 0 Å². The Hall–Kier alpha value is -1.94. The van der Waals surface area contributed by atoms with Crippen LogP contribution >= 0.6 is 0 Å². The van der Waals surface area contributed by atoms with Crippen LogP contribution < -0.4 is 10.1 Å². The number of hydrogen-bond acceptors (Lipinski definition) is 4. The molecule has 0 aliphatic carbocycles. The van der Waals surface area contributed by atoms with Crippen LogP contribution in [0, 0.1) is 0 Å². The van der Waals surface area contributed by atoms with Crippen LogP contribution in [0.1, 0.15) is 30.5 Å². The van der Waals surface area contributed by atoms with E-state index in [0.717, 1.165) is 29.9 Å². The minimum Gasteiger partial charge on any atom is -0.494 e. The van der Waals surface area contributed by atoms with Gasteiger partial charge < -0.3 is 10.1 Å². The molecule has 0 fully saturated rings. The van der Waals surface area contributed by atoms with Crippen LogP contribution in [-0.4, -0.2) is 23.6 Å². The van der Waals surface area contributed by atoms with E-state index in [1.165, 1.54) is 6.33 Å². The van der Waals surface area contributed by atoms with E-state index in [-0.39, 0.29) is 6.04 Å². The zero-order valence-corrected chi connectivity index (χ0v) is 11.3. The molecule has 0 saturated carbocycles. The first-order valence-corrected chi connectivity index (χ1v) is 6.50. The molecule has 1 aromatic carbocycles. The van der Waals surface area contributed by atoms with Gasteiger partial charge in [0, 0.05) is 18.0 Å². The summed E-state index contributed by atoms with van der Waals surface area (Å²) in [5, 5.41) is 3.28. The summed E-state index contributed by atoms with van der Waals surface area (Å²) >= 11 is 0. The van der Waals surface area contributed by atoms with Crippen molar-refractivity contribution >= 4 is 0 Å². The van der Waals surface area contributed by atoms with Crippen molar-refractivity contribution in [3.63, 3.8) is 0 Å². The Morgan fingerprint density at radius 3 is 2.68 bits per heavy atom. The normalized spacial score (nSPS) is 12.1. The van der Waals surface area contributed by atoms with Gasteiger partial charge in [-0.25, -0.2) is 9.97 Å². The number of aromatic nitrogens is 2. The Morgan fingerprint density at radius 2 is 2.00 bits per heavy atom. The van der Waals surface area contributed by atoms with Gasteiger partial charge in [-0.3, -0.25) is 0 Å². The second-order valence-corrected chi connectivity index (χ2v) is 4.31. The molecule has 2 aromatic rings. The minimum atomic E-state index is 0.0753. The van der Waals surface area contributed by atoms with Crippen molar-refractivity contribution in [2.75, 3.05) is 13.7 Å². The molecule has 100 valence electrons. The van der Waals surface area contributed by atoms with E-state index < -0.39 is 0 Å². The third-order valence-corrected chi connectivity index (χ3v) is 2.87. The van der Waals surface area contributed by atoms with E-state index in [2.05, 4.69) is 34.3 Å². The van der Waals surface area contributed by atoms with Crippen LogP contribution in [0.4, 0.5) is 0 Å². The molecule has 0 aliphatic rings. The minimum absolute atomic E-state index is 0.0753. The fourth-order valence-electron chi connectivity index (χ4n) is 1.99. The van der Waals surface area contributed by atoms with Crippen LogP contribution in [-0.2, 0) is 0 Å². The quantitative estimate of drug-likeness (QED) is 0.864. The maximum Gasteiger partial charge on any atom is 0.119 e. The van der Waals surface area contributed by atoms with Gasteiger partial charge in [0.25, 0.3) is 0 Å². The summed E-state index contributed by atoms with van der Waals surface area (Å²) in [7, 11) is 1.93. The van der Waals surface area contributed by atoms with E-state index in [1.807, 2.05) is 31.6 Å². The molecule has 1 atom stereocenters. The molecule has 0 radical (unpaired) electrons. The second kappa shape index (κ2) is 6.85. The standard InChI is InChI=1S/C15H19N3O/c1-3-7-19-14-6-4-5-12(8-14)15(16-2)13-9-17-11-18-10-13/h4-6,8-11,15-16H,3,7H2,1-2H3. The summed E-state index contributed by atoms with van der Waals surface area (Å²) in [6.07, 6.45) is 6.20. The van der Waals surface area contributed by atoms with Crippen LogP contribution in [0.3, 0.4) is 0 Å². The maximum atomic E-state index is 5.67. The molecule has 0 saturated heterocycles. The van der Waals surface area contributed by atoms with Gasteiger partial charge in [0.15, 0.2) is 0 Å². The molecule has 1 aromatic heterocycles. The lowest BCUT2D eigenvalue weighted by Crippen LogP contribution is -2.18. The SMILES string of the molecule is CCCOc1cccc(C(NC)c2cncnc2)c1. The average Bonchev–Trinajstić information content (AvgIpc) is 2.47. The van der Waals surface area contributed by atoms with Gasteiger partial charge in [0.1, 0.15) is 12.1 Å². The molecular formula is C15H19N3O. The Kier molecular flexibility index (Phi) is 4.86. The number of nitrogens with one attached hydrogen (secondary N) is 1. The maximum absolute atomic E-state index is 5.67. The highest BCUT2D eigenvalue weighted by Crippen LogP contribution is 2.24. The second-order valence-electron chi connectivity index (χ2n) is 4.31. The topological polar surface area (TPSA) is 47.0 Å². The third-order valence-electron chi connectivity index (χ3n) is 2.87. The lowest BCUT2D eigenvalue weighted by atomic mass is 10.0. The van der Waals surface area contributed by atoms with E-state index in [0.29, 0.717) is 0 Å². The molecule has 0 bridgehead atoms. The predicted octanol–water partition coefficient (Wildman–Crippen LogP) is 2.57. The first-order valence-electron chi connectivity index (χ1n) is 6.50. The molecule has 19 heavy (non-hydrogen) atoms. The third kappa shape index (κ3) is 3.51. The monoisotopic (exact) mass is 257 g/mol. The van der Waals surface area contributed by atoms with Gasteiger partial charge in [-0.1, -0.05) is 19.1 Å². The molecule has 1 heterocycles. The molecule has 0 spiro atoms. The van der Waals surface area contributed by atoms with E-state index in [9.17, 15) is 0 Å². The molecule has 1 N–H and O–H groups in total. The predicted molar refractivity (Wildman–Crippen MR) is 75.2 cm³/mol. The van der Waals surface area contributed by atoms with Crippen molar-refractivity contribution in [3.8, 4) is 5.75 Å². The summed E-state index contributed by atoms with van der Waals surface area (Å²) in [4.78, 5) is 8.14. The average molecular weight is 257 g/mol. The summed E-state index contributed by atoms with van der Waals surface area (Å²) in [5.41, 5.74) is 2.18. The Labute approximate surface area is 113 Å². The van der Waals surface area contributed by atoms with Crippen molar-refractivity contribution in [2.45, 2.75) is 19.4 Å². The Bertz CT molecular complexity index is 502. The van der Waals surface area contributed by atoms with Crippen molar-refractivity contribution in [3.05, 3.63) is 54.1 Å². The molecule has 4 nitrogen and oxygen atoms in total. The Balaban J connectivity index is 2.23. The highest BCUT2D eigenvalue weighted by Gasteiger charge is 2.12. The number of hydrogen-bond donors (Lipinski definition) is 1. The summed E-state index contributed by atoms with van der Waals surface area (Å²) < 4.78 is 5.67. The summed E-state index contributed by atoms with van der Waals surface area (Å²) in [6, 6.07) is 8.20. The van der Waals surface area contributed by atoms with Gasteiger partial charge in [0.2, 0.25) is 0 Å². The van der Waals surface area contributed by atoms with Crippen LogP contribution in [0.25, 0.3) is 0 Å². The van der Waals surface area contributed by atoms with Crippen molar-refractivity contribution in [1.82, 2.24) is 15.3 Å². The first kappa shape index (κ1) is 13.5. The molecule has 4 heteroatoms. The lowest BCUT2D eigenvalue weighted by Gasteiger charge is -2.17. The number of ether oxygens (including phenoxy) is 1. The fraction of sp³-hybridized carbons (Fsp3) is 0.333. The molecular weight excluding hydrogens is 238 g/mol. The van der Waals surface area contributed by atoms with Crippen LogP contribution in [0.15, 0.2) is 43.0 Å². The fourth-order valence-corrected chi connectivity index (χ4v) is 1.99. The molecule has 0 aliphatic heterocycles. The van der Waals surface area contributed by atoms with Crippen molar-refractivity contribution in [1.29, 1.82) is 0 Å². The molecule has 1 unspecified atom stereocenters. The van der Waals surface area contributed by atoms with E-state index in [4.69, 9.17) is 4.74 Å². The smallest absolute Gasteiger partial charge is 0.119 e. The van der Waals surface area contributed by atoms with Crippen LogP contribution in [0.5, 0.6) is 5.75 Å². The summed E-state index contributed by atoms with van der Waals surface area (Å²) in [6.45, 7) is 2.84. The van der Waals surface area contributed by atoms with Crippen molar-refractivity contribution in [2.24, 2.45) is 0 Å². The zero-order valence-electron chi connectivity index (χ0n) is 11.3. The highest BCUT2D eigenvalue weighted by molar-refractivity contribution is 5.35. The number of nitrogens with zero attached hydrogens (tertiary/aromatic N) is 2. The van der Waals surface area contributed by atoms with Gasteiger partial charge in [-0.05, 0) is 31.2 Å². The molecule has 2 rings (SSSR count). The Morgan fingerprint density at radius 1 is 1.21 bits per heavy atom. The summed E-state index contributed by atoms with van der Waals surface area (Å²) in [5.74, 6) is 0.899. The first-order chi connectivity index (χ1) is 9.35. The number of rotatable bonds is 6. The largest absolute Gasteiger partial charge is 0.494 e.